The molecule has 0 radical (unpaired) electrons. The average Bonchev–Trinajstić information content (AvgIpc) is 2.23. The Kier molecular flexibility index (Phi) is 5.04. The van der Waals surface area contributed by atoms with Crippen LogP contribution in [0, 0.1) is 20.8 Å². The van der Waals surface area contributed by atoms with E-state index >= 15 is 0 Å². The van der Waals surface area contributed by atoms with Gasteiger partial charge in [-0.3, -0.25) is 0 Å². The Balaban J connectivity index is 2.89. The lowest BCUT2D eigenvalue weighted by Crippen LogP contribution is -2.41. The molecule has 1 aromatic rings. The third kappa shape index (κ3) is 3.83. The van der Waals surface area contributed by atoms with Gasteiger partial charge in [-0.05, 0) is 61.2 Å². The van der Waals surface area contributed by atoms with Gasteiger partial charge in [0.2, 0.25) is 0 Å². The van der Waals surface area contributed by atoms with Crippen molar-refractivity contribution in [3.8, 4) is 0 Å². The standard InChI is InChI=1S/C18H30OSi/c1-13-10-14(2)17(15(3)11-13)16(4)12-19-20(8,9)18(5,6)7/h10-11H,4,12H2,1-3,5-9H3. The summed E-state index contributed by atoms with van der Waals surface area (Å²) >= 11 is 0. The summed E-state index contributed by atoms with van der Waals surface area (Å²) in [7, 11) is -1.71. The van der Waals surface area contributed by atoms with E-state index in [4.69, 9.17) is 4.43 Å². The molecule has 1 aromatic carbocycles. The molecule has 0 aliphatic heterocycles. The minimum Gasteiger partial charge on any atom is -0.413 e. The first kappa shape index (κ1) is 17.2. The molecule has 0 saturated carbocycles. The van der Waals surface area contributed by atoms with Crippen molar-refractivity contribution in [1.82, 2.24) is 0 Å². The minimum atomic E-state index is -1.71. The Morgan fingerprint density at radius 3 is 1.95 bits per heavy atom. The predicted octanol–water partition coefficient (Wildman–Crippen LogP) is 5.65. The number of benzene rings is 1. The van der Waals surface area contributed by atoms with Crippen LogP contribution in [0.25, 0.3) is 5.57 Å². The van der Waals surface area contributed by atoms with Gasteiger partial charge in [0.25, 0.3) is 0 Å². The van der Waals surface area contributed by atoms with Crippen molar-refractivity contribution in [3.63, 3.8) is 0 Å². The molecule has 0 bridgehead atoms. The molecule has 0 unspecified atom stereocenters. The van der Waals surface area contributed by atoms with Crippen molar-refractivity contribution < 1.29 is 4.43 Å². The SMILES string of the molecule is C=C(CO[Si](C)(C)C(C)(C)C)c1c(C)cc(C)cc1C. The molecule has 0 aliphatic carbocycles. The lowest BCUT2D eigenvalue weighted by molar-refractivity contribution is 0.334. The van der Waals surface area contributed by atoms with E-state index in [-0.39, 0.29) is 5.04 Å². The van der Waals surface area contributed by atoms with Gasteiger partial charge in [-0.25, -0.2) is 0 Å². The molecule has 112 valence electrons. The molecule has 0 N–H and O–H groups in total. The van der Waals surface area contributed by atoms with E-state index in [0.717, 1.165) is 5.57 Å². The van der Waals surface area contributed by atoms with Gasteiger partial charge >= 0.3 is 0 Å². The highest BCUT2D eigenvalue weighted by molar-refractivity contribution is 6.74. The third-order valence-electron chi connectivity index (χ3n) is 4.44. The van der Waals surface area contributed by atoms with E-state index in [0.29, 0.717) is 6.61 Å². The average molecular weight is 291 g/mol. The summed E-state index contributed by atoms with van der Waals surface area (Å²) in [4.78, 5) is 0. The monoisotopic (exact) mass is 290 g/mol. The molecule has 0 aromatic heterocycles. The molecular formula is C18H30OSi. The lowest BCUT2D eigenvalue weighted by atomic mass is 9.95. The van der Waals surface area contributed by atoms with E-state index in [2.05, 4.69) is 73.3 Å². The van der Waals surface area contributed by atoms with Crippen LogP contribution in [-0.4, -0.2) is 14.9 Å². The van der Waals surface area contributed by atoms with Gasteiger partial charge in [0.1, 0.15) is 0 Å². The zero-order valence-electron chi connectivity index (χ0n) is 14.5. The first-order valence-corrected chi connectivity index (χ1v) is 10.3. The van der Waals surface area contributed by atoms with Crippen LogP contribution in [0.1, 0.15) is 43.0 Å². The molecule has 1 rings (SSSR count). The maximum Gasteiger partial charge on any atom is 0.192 e. The fraction of sp³-hybridized carbons (Fsp3) is 0.556. The number of hydrogen-bond donors (Lipinski definition) is 0. The van der Waals surface area contributed by atoms with Crippen molar-refractivity contribution in [2.75, 3.05) is 6.61 Å². The van der Waals surface area contributed by atoms with Gasteiger partial charge in [0.15, 0.2) is 8.32 Å². The van der Waals surface area contributed by atoms with Gasteiger partial charge in [-0.1, -0.05) is 45.0 Å². The quantitative estimate of drug-likeness (QED) is 0.651. The van der Waals surface area contributed by atoms with Crippen LogP contribution in [0.5, 0.6) is 0 Å². The first-order chi connectivity index (χ1) is 8.95. The van der Waals surface area contributed by atoms with Gasteiger partial charge in [-0.2, -0.15) is 0 Å². The Morgan fingerprint density at radius 1 is 1.10 bits per heavy atom. The van der Waals surface area contributed by atoms with E-state index in [1.165, 1.54) is 22.3 Å². The predicted molar refractivity (Wildman–Crippen MR) is 92.8 cm³/mol. The Bertz CT molecular complexity index is 484. The van der Waals surface area contributed by atoms with E-state index in [1.54, 1.807) is 0 Å². The number of aryl methyl sites for hydroxylation is 3. The van der Waals surface area contributed by atoms with Crippen LogP contribution in [-0.2, 0) is 4.43 Å². The Hall–Kier alpha value is -0.863. The van der Waals surface area contributed by atoms with E-state index in [1.807, 2.05) is 0 Å². The van der Waals surface area contributed by atoms with Crippen LogP contribution in [0.2, 0.25) is 18.1 Å². The Morgan fingerprint density at radius 2 is 1.55 bits per heavy atom. The Labute approximate surface area is 126 Å². The largest absolute Gasteiger partial charge is 0.413 e. The second-order valence-electron chi connectivity index (χ2n) is 7.43. The van der Waals surface area contributed by atoms with Crippen LogP contribution >= 0.6 is 0 Å². The molecule has 0 heterocycles. The van der Waals surface area contributed by atoms with Gasteiger partial charge in [0, 0.05) is 0 Å². The molecule has 0 fully saturated rings. The zero-order valence-corrected chi connectivity index (χ0v) is 15.5. The topological polar surface area (TPSA) is 9.23 Å². The molecule has 0 saturated heterocycles. The highest BCUT2D eigenvalue weighted by Gasteiger charge is 2.37. The molecule has 2 heteroatoms. The van der Waals surface area contributed by atoms with Gasteiger partial charge < -0.3 is 4.43 Å². The van der Waals surface area contributed by atoms with Crippen molar-refractivity contribution in [3.05, 3.63) is 41.0 Å². The van der Waals surface area contributed by atoms with Crippen LogP contribution in [0.15, 0.2) is 18.7 Å². The summed E-state index contributed by atoms with van der Waals surface area (Å²) in [5, 5.41) is 0.241. The van der Waals surface area contributed by atoms with Crippen LogP contribution in [0.3, 0.4) is 0 Å². The highest BCUT2D eigenvalue weighted by Crippen LogP contribution is 2.37. The third-order valence-corrected chi connectivity index (χ3v) is 8.92. The first-order valence-electron chi connectivity index (χ1n) is 7.35. The van der Waals surface area contributed by atoms with Crippen molar-refractivity contribution >= 4 is 13.9 Å². The van der Waals surface area contributed by atoms with E-state index < -0.39 is 8.32 Å². The van der Waals surface area contributed by atoms with Crippen LogP contribution < -0.4 is 0 Å². The van der Waals surface area contributed by atoms with Gasteiger partial charge in [-0.15, -0.1) is 0 Å². The van der Waals surface area contributed by atoms with Crippen molar-refractivity contribution in [2.45, 2.75) is 59.7 Å². The summed E-state index contributed by atoms with van der Waals surface area (Å²) in [5.41, 5.74) is 6.28. The second kappa shape index (κ2) is 5.86. The molecule has 20 heavy (non-hydrogen) atoms. The number of rotatable bonds is 4. The minimum absolute atomic E-state index is 0.241. The smallest absolute Gasteiger partial charge is 0.192 e. The maximum atomic E-state index is 6.29. The summed E-state index contributed by atoms with van der Waals surface area (Å²) in [6.45, 7) is 22.7. The zero-order chi connectivity index (χ0) is 15.7. The normalized spacial score (nSPS) is 12.6. The fourth-order valence-corrected chi connectivity index (χ4v) is 3.26. The molecule has 1 nitrogen and oxygen atoms in total. The second-order valence-corrected chi connectivity index (χ2v) is 12.2. The molecule has 0 aliphatic rings. The summed E-state index contributed by atoms with van der Waals surface area (Å²) in [5.74, 6) is 0. The van der Waals surface area contributed by atoms with Crippen molar-refractivity contribution in [2.24, 2.45) is 0 Å². The number of hydrogen-bond acceptors (Lipinski definition) is 1. The molecular weight excluding hydrogens is 260 g/mol. The van der Waals surface area contributed by atoms with Crippen LogP contribution in [0.4, 0.5) is 0 Å². The van der Waals surface area contributed by atoms with Crippen molar-refractivity contribution in [1.29, 1.82) is 0 Å². The maximum absolute atomic E-state index is 6.29. The van der Waals surface area contributed by atoms with Gasteiger partial charge in [0.05, 0.1) is 6.61 Å². The fourth-order valence-electron chi connectivity index (χ4n) is 2.29. The summed E-state index contributed by atoms with van der Waals surface area (Å²) in [6.07, 6.45) is 0. The summed E-state index contributed by atoms with van der Waals surface area (Å²) in [6, 6.07) is 4.44. The lowest BCUT2D eigenvalue weighted by Gasteiger charge is -2.36. The van der Waals surface area contributed by atoms with E-state index in [9.17, 15) is 0 Å². The summed E-state index contributed by atoms with van der Waals surface area (Å²) < 4.78 is 6.29. The highest BCUT2D eigenvalue weighted by atomic mass is 28.4. The molecule has 0 atom stereocenters. The molecule has 0 spiro atoms. The molecule has 0 amide bonds.